The Morgan fingerprint density at radius 3 is 2.38 bits per heavy atom. The molecule has 4 heteroatoms. The molecule has 0 radical (unpaired) electrons. The van der Waals surface area contributed by atoms with Crippen LogP contribution in [0.3, 0.4) is 0 Å². The molecule has 0 spiro atoms. The summed E-state index contributed by atoms with van der Waals surface area (Å²) in [5, 5.41) is 15.1. The van der Waals surface area contributed by atoms with E-state index < -0.39 is 0 Å². The third-order valence-electron chi connectivity index (χ3n) is 2.64. The highest BCUT2D eigenvalue weighted by molar-refractivity contribution is 5.76. The van der Waals surface area contributed by atoms with Crippen molar-refractivity contribution in [1.82, 2.24) is 10.6 Å². The van der Waals surface area contributed by atoms with Gasteiger partial charge in [0.1, 0.15) is 0 Å². The molecular weight excluding hydrogens is 204 g/mol. The summed E-state index contributed by atoms with van der Waals surface area (Å²) in [5.74, 6) is 0.408. The molecule has 0 rings (SSSR count). The van der Waals surface area contributed by atoms with E-state index in [0.717, 1.165) is 6.54 Å². The smallest absolute Gasteiger partial charge is 0.221 e. The van der Waals surface area contributed by atoms with E-state index >= 15 is 0 Å². The van der Waals surface area contributed by atoms with Crippen LogP contribution in [0.2, 0.25) is 0 Å². The summed E-state index contributed by atoms with van der Waals surface area (Å²) in [4.78, 5) is 11.7. The molecule has 0 saturated carbocycles. The lowest BCUT2D eigenvalue weighted by Gasteiger charge is -2.22. The zero-order chi connectivity index (χ0) is 12.6. The van der Waals surface area contributed by atoms with E-state index in [1.165, 1.54) is 0 Å². The van der Waals surface area contributed by atoms with E-state index in [1.807, 2.05) is 27.7 Å². The predicted octanol–water partition coefficient (Wildman–Crippen LogP) is 0.898. The van der Waals surface area contributed by atoms with E-state index in [4.69, 9.17) is 5.11 Å². The Morgan fingerprint density at radius 2 is 1.94 bits per heavy atom. The molecule has 0 aliphatic heterocycles. The van der Waals surface area contributed by atoms with Crippen LogP contribution >= 0.6 is 0 Å². The van der Waals surface area contributed by atoms with Gasteiger partial charge in [0.25, 0.3) is 0 Å². The van der Waals surface area contributed by atoms with Gasteiger partial charge in [-0.05, 0) is 25.8 Å². The predicted molar refractivity (Wildman–Crippen MR) is 66.2 cm³/mol. The van der Waals surface area contributed by atoms with Crippen molar-refractivity contribution in [1.29, 1.82) is 0 Å². The highest BCUT2D eigenvalue weighted by Crippen LogP contribution is 2.06. The molecule has 0 fully saturated rings. The summed E-state index contributed by atoms with van der Waals surface area (Å²) in [6.45, 7) is 9.11. The summed E-state index contributed by atoms with van der Waals surface area (Å²) in [6, 6.07) is 0.276. The third-order valence-corrected chi connectivity index (χ3v) is 2.64. The first kappa shape index (κ1) is 15.4. The van der Waals surface area contributed by atoms with E-state index in [1.54, 1.807) is 0 Å². The molecule has 96 valence electrons. The first-order valence-corrected chi connectivity index (χ1v) is 6.14. The SMILES string of the molecule is CCNC(C)CC(=O)NC(CCO)C(C)C. The van der Waals surface area contributed by atoms with Crippen LogP contribution in [-0.2, 0) is 4.79 Å². The fourth-order valence-electron chi connectivity index (χ4n) is 1.68. The molecule has 3 N–H and O–H groups in total. The molecule has 4 nitrogen and oxygen atoms in total. The molecule has 0 aromatic heterocycles. The average molecular weight is 230 g/mol. The van der Waals surface area contributed by atoms with Gasteiger partial charge in [-0.3, -0.25) is 4.79 Å². The lowest BCUT2D eigenvalue weighted by Crippen LogP contribution is -2.42. The molecule has 0 saturated heterocycles. The molecule has 0 bridgehead atoms. The Hall–Kier alpha value is -0.610. The van der Waals surface area contributed by atoms with Crippen molar-refractivity contribution in [2.24, 2.45) is 5.92 Å². The number of hydrogen-bond acceptors (Lipinski definition) is 3. The van der Waals surface area contributed by atoms with Gasteiger partial charge in [-0.25, -0.2) is 0 Å². The molecule has 0 heterocycles. The first-order chi connectivity index (χ1) is 7.51. The highest BCUT2D eigenvalue weighted by atomic mass is 16.3. The van der Waals surface area contributed by atoms with E-state index in [0.29, 0.717) is 18.8 Å². The van der Waals surface area contributed by atoms with Crippen molar-refractivity contribution in [2.45, 2.75) is 52.6 Å². The number of amides is 1. The highest BCUT2D eigenvalue weighted by Gasteiger charge is 2.16. The van der Waals surface area contributed by atoms with Crippen molar-refractivity contribution in [2.75, 3.05) is 13.2 Å². The molecule has 0 aromatic carbocycles. The lowest BCUT2D eigenvalue weighted by atomic mass is 10.0. The maximum atomic E-state index is 11.7. The van der Waals surface area contributed by atoms with Crippen LogP contribution in [0.5, 0.6) is 0 Å². The van der Waals surface area contributed by atoms with Crippen LogP contribution in [0.4, 0.5) is 0 Å². The summed E-state index contributed by atoms with van der Waals surface area (Å²) in [7, 11) is 0. The second-order valence-corrected chi connectivity index (χ2v) is 4.59. The van der Waals surface area contributed by atoms with Gasteiger partial charge >= 0.3 is 0 Å². The molecular formula is C12H26N2O2. The Morgan fingerprint density at radius 1 is 1.31 bits per heavy atom. The van der Waals surface area contributed by atoms with Crippen LogP contribution in [0.1, 0.15) is 40.5 Å². The first-order valence-electron chi connectivity index (χ1n) is 6.14. The van der Waals surface area contributed by atoms with Gasteiger partial charge < -0.3 is 15.7 Å². The van der Waals surface area contributed by atoms with Crippen molar-refractivity contribution in [3.05, 3.63) is 0 Å². The second kappa shape index (κ2) is 8.53. The fraction of sp³-hybridized carbons (Fsp3) is 0.917. The van der Waals surface area contributed by atoms with Crippen LogP contribution in [-0.4, -0.2) is 36.2 Å². The van der Waals surface area contributed by atoms with Gasteiger partial charge in [0.05, 0.1) is 0 Å². The minimum atomic E-state index is 0.0561. The normalized spacial score (nSPS) is 14.9. The van der Waals surface area contributed by atoms with Gasteiger partial charge in [-0.1, -0.05) is 20.8 Å². The van der Waals surface area contributed by atoms with Crippen molar-refractivity contribution in [3.8, 4) is 0 Å². The summed E-state index contributed by atoms with van der Waals surface area (Å²) in [6.07, 6.45) is 1.11. The third kappa shape index (κ3) is 6.80. The van der Waals surface area contributed by atoms with E-state index in [9.17, 15) is 4.79 Å². The van der Waals surface area contributed by atoms with Gasteiger partial charge in [0, 0.05) is 25.1 Å². The number of aliphatic hydroxyl groups excluding tert-OH is 1. The zero-order valence-corrected chi connectivity index (χ0v) is 10.9. The van der Waals surface area contributed by atoms with Crippen molar-refractivity contribution >= 4 is 5.91 Å². The standard InChI is InChI=1S/C12H26N2O2/c1-5-13-10(4)8-12(16)14-11(6-7-15)9(2)3/h9-11,13,15H,5-8H2,1-4H3,(H,14,16). The van der Waals surface area contributed by atoms with Gasteiger partial charge in [-0.2, -0.15) is 0 Å². The summed E-state index contributed by atoms with van der Waals surface area (Å²) < 4.78 is 0. The Bertz CT molecular complexity index is 195. The number of carbonyl (C=O) groups excluding carboxylic acids is 1. The van der Waals surface area contributed by atoms with E-state index in [2.05, 4.69) is 10.6 Å². The number of hydrogen-bond donors (Lipinski definition) is 3. The molecule has 2 unspecified atom stereocenters. The van der Waals surface area contributed by atoms with Gasteiger partial charge in [0.15, 0.2) is 0 Å². The quantitative estimate of drug-likeness (QED) is 0.580. The molecule has 0 aliphatic carbocycles. The largest absolute Gasteiger partial charge is 0.396 e. The topological polar surface area (TPSA) is 61.4 Å². The summed E-state index contributed by atoms with van der Waals surface area (Å²) >= 11 is 0. The monoisotopic (exact) mass is 230 g/mol. The van der Waals surface area contributed by atoms with Gasteiger partial charge in [0.2, 0.25) is 5.91 Å². The molecule has 1 amide bonds. The molecule has 16 heavy (non-hydrogen) atoms. The Labute approximate surface area is 98.8 Å². The number of nitrogens with one attached hydrogen (secondary N) is 2. The molecule has 2 atom stereocenters. The summed E-state index contributed by atoms with van der Waals surface area (Å²) in [5.41, 5.74) is 0. The lowest BCUT2D eigenvalue weighted by molar-refractivity contribution is -0.122. The maximum Gasteiger partial charge on any atom is 0.221 e. The van der Waals surface area contributed by atoms with Crippen LogP contribution in [0, 0.1) is 5.92 Å². The maximum absolute atomic E-state index is 11.7. The van der Waals surface area contributed by atoms with Crippen LogP contribution in [0.25, 0.3) is 0 Å². The number of aliphatic hydroxyl groups is 1. The van der Waals surface area contributed by atoms with Crippen LogP contribution in [0.15, 0.2) is 0 Å². The molecule has 0 aromatic rings. The minimum absolute atomic E-state index is 0.0561. The van der Waals surface area contributed by atoms with Gasteiger partial charge in [-0.15, -0.1) is 0 Å². The molecule has 0 aliphatic rings. The van der Waals surface area contributed by atoms with E-state index in [-0.39, 0.29) is 24.6 Å². The number of rotatable bonds is 8. The number of carbonyl (C=O) groups is 1. The minimum Gasteiger partial charge on any atom is -0.396 e. The average Bonchev–Trinajstić information content (AvgIpc) is 2.16. The Kier molecular flexibility index (Phi) is 8.21. The Balaban J connectivity index is 3.99. The zero-order valence-electron chi connectivity index (χ0n) is 10.9. The van der Waals surface area contributed by atoms with Crippen molar-refractivity contribution in [3.63, 3.8) is 0 Å². The second-order valence-electron chi connectivity index (χ2n) is 4.59. The van der Waals surface area contributed by atoms with Crippen molar-refractivity contribution < 1.29 is 9.90 Å². The fourth-order valence-corrected chi connectivity index (χ4v) is 1.68. The van der Waals surface area contributed by atoms with Crippen LogP contribution < -0.4 is 10.6 Å².